The smallest absolute Gasteiger partial charge is 0.314 e. The quantitative estimate of drug-likeness (QED) is 0.663. The molecule has 14 heavy (non-hydrogen) atoms. The van der Waals surface area contributed by atoms with E-state index in [2.05, 4.69) is 26.3 Å². The highest BCUT2D eigenvalue weighted by atomic mass is 16.3. The second kappa shape index (κ2) is 3.25. The Kier molecular flexibility index (Phi) is 1.94. The van der Waals surface area contributed by atoms with Crippen LogP contribution in [0, 0.1) is 6.33 Å². The first kappa shape index (κ1) is 8.36. The lowest BCUT2D eigenvalue weighted by molar-refractivity contribution is 0.430. The van der Waals surface area contributed by atoms with Crippen LogP contribution in [0.15, 0.2) is 18.5 Å². The van der Waals surface area contributed by atoms with Gasteiger partial charge in [0.15, 0.2) is 12.1 Å². The third-order valence-electron chi connectivity index (χ3n) is 1.53. The molecule has 0 bridgehead atoms. The molecular formula is C8H5N4O2. The Bertz CT molecular complexity index is 461. The molecule has 2 rings (SSSR count). The van der Waals surface area contributed by atoms with Crippen molar-refractivity contribution in [3.63, 3.8) is 0 Å². The third kappa shape index (κ3) is 1.45. The Morgan fingerprint density at radius 1 is 1.29 bits per heavy atom. The van der Waals surface area contributed by atoms with E-state index < -0.39 is 0 Å². The Morgan fingerprint density at radius 2 is 2.14 bits per heavy atom. The van der Waals surface area contributed by atoms with Crippen LogP contribution in [0.4, 0.5) is 0 Å². The molecule has 6 heteroatoms. The molecule has 0 amide bonds. The van der Waals surface area contributed by atoms with Gasteiger partial charge in [0.1, 0.15) is 5.69 Å². The molecule has 0 unspecified atom stereocenters. The van der Waals surface area contributed by atoms with E-state index in [4.69, 9.17) is 5.11 Å². The van der Waals surface area contributed by atoms with Gasteiger partial charge in [-0.2, -0.15) is 4.98 Å². The summed E-state index contributed by atoms with van der Waals surface area (Å²) in [7, 11) is 0. The summed E-state index contributed by atoms with van der Waals surface area (Å²) in [5.41, 5.74) is 0.520. The summed E-state index contributed by atoms with van der Waals surface area (Å²) in [6, 6.07) is 1.14. The van der Waals surface area contributed by atoms with Gasteiger partial charge in [0.25, 0.3) is 0 Å². The molecule has 0 saturated carbocycles. The van der Waals surface area contributed by atoms with Crippen LogP contribution in [0.25, 0.3) is 11.4 Å². The van der Waals surface area contributed by atoms with Gasteiger partial charge < -0.3 is 10.2 Å². The minimum atomic E-state index is -0.375. The third-order valence-corrected chi connectivity index (χ3v) is 1.53. The lowest BCUT2D eigenvalue weighted by atomic mass is 10.3. The van der Waals surface area contributed by atoms with Gasteiger partial charge in [-0.05, 0) is 6.07 Å². The summed E-state index contributed by atoms with van der Waals surface area (Å²) >= 11 is 0. The molecule has 0 atom stereocenters. The van der Waals surface area contributed by atoms with Crippen LogP contribution in [0.2, 0.25) is 0 Å². The number of aromatic hydroxyl groups is 2. The van der Waals surface area contributed by atoms with Crippen LogP contribution in [-0.2, 0) is 0 Å². The molecule has 69 valence electrons. The Hall–Kier alpha value is -2.24. The molecule has 0 aromatic carbocycles. The van der Waals surface area contributed by atoms with Crippen molar-refractivity contribution in [3.05, 3.63) is 24.8 Å². The van der Waals surface area contributed by atoms with Gasteiger partial charge in [0.05, 0.1) is 11.9 Å². The summed E-state index contributed by atoms with van der Waals surface area (Å²) < 4.78 is 0. The second-order valence-electron chi connectivity index (χ2n) is 2.45. The van der Waals surface area contributed by atoms with E-state index in [9.17, 15) is 5.11 Å². The van der Waals surface area contributed by atoms with Gasteiger partial charge in [-0.15, -0.1) is 0 Å². The highest BCUT2D eigenvalue weighted by Crippen LogP contribution is 2.23. The minimum Gasteiger partial charge on any atom is -0.504 e. The second-order valence-corrected chi connectivity index (χ2v) is 2.45. The van der Waals surface area contributed by atoms with Gasteiger partial charge in [0.2, 0.25) is 0 Å². The van der Waals surface area contributed by atoms with Crippen molar-refractivity contribution in [1.82, 2.24) is 19.9 Å². The zero-order chi connectivity index (χ0) is 9.97. The summed E-state index contributed by atoms with van der Waals surface area (Å²) in [6.07, 6.45) is 4.87. The van der Waals surface area contributed by atoms with Crippen LogP contribution in [0.3, 0.4) is 0 Å². The van der Waals surface area contributed by atoms with Gasteiger partial charge in [0, 0.05) is 6.20 Å². The predicted octanol–water partition coefficient (Wildman–Crippen LogP) is 0.145. The topological polar surface area (TPSA) is 92.0 Å². The maximum absolute atomic E-state index is 9.37. The van der Waals surface area contributed by atoms with Crippen molar-refractivity contribution >= 4 is 0 Å². The first-order valence-electron chi connectivity index (χ1n) is 3.72. The molecule has 0 fully saturated rings. The van der Waals surface area contributed by atoms with E-state index >= 15 is 0 Å². The van der Waals surface area contributed by atoms with Gasteiger partial charge in [-0.25, -0.2) is 15.0 Å². The van der Waals surface area contributed by atoms with E-state index in [1.807, 2.05) is 0 Å². The van der Waals surface area contributed by atoms with E-state index in [0.29, 0.717) is 5.69 Å². The van der Waals surface area contributed by atoms with Crippen LogP contribution >= 0.6 is 0 Å². The number of hydrogen-bond acceptors (Lipinski definition) is 6. The van der Waals surface area contributed by atoms with E-state index in [1.54, 1.807) is 0 Å². The lowest BCUT2D eigenvalue weighted by Crippen LogP contribution is -1.90. The molecule has 2 heterocycles. The molecule has 0 saturated heterocycles. The Morgan fingerprint density at radius 3 is 2.86 bits per heavy atom. The van der Waals surface area contributed by atoms with Crippen molar-refractivity contribution < 1.29 is 10.2 Å². The molecule has 6 nitrogen and oxygen atoms in total. The summed E-state index contributed by atoms with van der Waals surface area (Å²) in [5, 5.41) is 18.4. The summed E-state index contributed by atoms with van der Waals surface area (Å²) in [4.78, 5) is 14.4. The lowest BCUT2D eigenvalue weighted by Gasteiger charge is -2.00. The summed E-state index contributed by atoms with van der Waals surface area (Å²) in [6.45, 7) is 0. The Balaban J connectivity index is 2.55. The van der Waals surface area contributed by atoms with Crippen LogP contribution in [0.1, 0.15) is 0 Å². The number of aromatic nitrogens is 4. The zero-order valence-electron chi connectivity index (χ0n) is 6.92. The van der Waals surface area contributed by atoms with Crippen molar-refractivity contribution in [3.8, 4) is 23.1 Å². The molecule has 0 spiro atoms. The maximum atomic E-state index is 9.37. The fraction of sp³-hybridized carbons (Fsp3) is 0. The fourth-order valence-corrected chi connectivity index (χ4v) is 0.956. The average Bonchev–Trinajstić information content (AvgIpc) is 2.18. The Labute approximate surface area is 79.0 Å². The largest absolute Gasteiger partial charge is 0.504 e. The molecule has 2 aromatic rings. The molecule has 2 N–H and O–H groups in total. The molecule has 0 aliphatic heterocycles. The molecule has 0 aliphatic rings. The van der Waals surface area contributed by atoms with Gasteiger partial charge >= 0.3 is 6.01 Å². The van der Waals surface area contributed by atoms with E-state index in [1.165, 1.54) is 18.5 Å². The van der Waals surface area contributed by atoms with Crippen molar-refractivity contribution in [2.75, 3.05) is 0 Å². The van der Waals surface area contributed by atoms with Crippen molar-refractivity contribution in [2.24, 2.45) is 0 Å². The van der Waals surface area contributed by atoms with Crippen LogP contribution < -0.4 is 0 Å². The SMILES string of the molecule is Oc1nccc(-c2n[c]ncc2O)n1. The standard InChI is InChI=1S/C8H5N4O2/c13-6-3-9-4-11-7(6)5-1-2-10-8(14)12-5/h1-3,13H,(H,10,12,14). The monoisotopic (exact) mass is 189 g/mol. The molecule has 1 radical (unpaired) electrons. The maximum Gasteiger partial charge on any atom is 0.314 e. The van der Waals surface area contributed by atoms with E-state index in [-0.39, 0.29) is 17.5 Å². The highest BCUT2D eigenvalue weighted by Gasteiger charge is 2.07. The predicted molar refractivity (Wildman–Crippen MR) is 45.2 cm³/mol. The van der Waals surface area contributed by atoms with Gasteiger partial charge in [-0.1, -0.05) is 0 Å². The van der Waals surface area contributed by atoms with Crippen LogP contribution in [-0.4, -0.2) is 30.1 Å². The normalized spacial score (nSPS) is 10.0. The number of rotatable bonds is 1. The van der Waals surface area contributed by atoms with E-state index in [0.717, 1.165) is 0 Å². The first-order chi connectivity index (χ1) is 6.77. The molecular weight excluding hydrogens is 184 g/mol. The fourth-order valence-electron chi connectivity index (χ4n) is 0.956. The van der Waals surface area contributed by atoms with Crippen molar-refractivity contribution in [1.29, 1.82) is 0 Å². The minimum absolute atomic E-state index is 0.123. The number of nitrogens with zero attached hydrogens (tertiary/aromatic N) is 4. The van der Waals surface area contributed by atoms with Gasteiger partial charge in [-0.3, -0.25) is 0 Å². The van der Waals surface area contributed by atoms with Crippen LogP contribution in [0.5, 0.6) is 11.8 Å². The first-order valence-corrected chi connectivity index (χ1v) is 3.72. The van der Waals surface area contributed by atoms with Crippen molar-refractivity contribution in [2.45, 2.75) is 0 Å². The summed E-state index contributed by atoms with van der Waals surface area (Å²) in [5.74, 6) is -0.123. The highest BCUT2D eigenvalue weighted by molar-refractivity contribution is 5.60. The zero-order valence-corrected chi connectivity index (χ0v) is 6.92. The molecule has 2 aromatic heterocycles. The number of hydrogen-bond donors (Lipinski definition) is 2. The average molecular weight is 189 g/mol. The molecule has 0 aliphatic carbocycles.